The number of rotatable bonds is 3. The molecule has 4 nitrogen and oxygen atoms in total. The summed E-state index contributed by atoms with van der Waals surface area (Å²) in [4.78, 5) is 13.0. The second-order valence-electron chi connectivity index (χ2n) is 2.73. The Hall–Kier alpha value is -1.05. The Kier molecular flexibility index (Phi) is 4.30. The Morgan fingerprint density at radius 3 is 2.85 bits per heavy atom. The monoisotopic (exact) mass is 182 g/mol. The van der Waals surface area contributed by atoms with Gasteiger partial charge in [-0.2, -0.15) is 0 Å². The number of carbonyl (C=O) groups excluding carboxylic acids is 1. The van der Waals surface area contributed by atoms with Crippen molar-refractivity contribution in [2.75, 3.05) is 39.5 Å². The van der Waals surface area contributed by atoms with Crippen molar-refractivity contribution in [3.8, 4) is 5.92 Å². The fourth-order valence-corrected chi connectivity index (χ4v) is 1.10. The first kappa shape index (κ1) is 10.0. The molecule has 0 aromatic carbocycles. The van der Waals surface area contributed by atoms with Crippen LogP contribution in [0.1, 0.15) is 0 Å². The van der Waals surface area contributed by atoms with E-state index in [4.69, 9.17) is 11.2 Å². The SMILES string of the molecule is [C]#CCOC(=O)CN1CCOCC1. The average molecular weight is 182 g/mol. The van der Waals surface area contributed by atoms with Gasteiger partial charge in [0.05, 0.1) is 19.8 Å². The van der Waals surface area contributed by atoms with Crippen molar-refractivity contribution in [1.82, 2.24) is 4.90 Å². The number of nitrogens with zero attached hydrogens (tertiary/aromatic N) is 1. The van der Waals surface area contributed by atoms with Crippen molar-refractivity contribution in [1.29, 1.82) is 0 Å². The molecule has 0 saturated carbocycles. The van der Waals surface area contributed by atoms with Crippen molar-refractivity contribution in [3.63, 3.8) is 0 Å². The molecule has 0 aromatic rings. The zero-order valence-corrected chi connectivity index (χ0v) is 7.41. The van der Waals surface area contributed by atoms with E-state index in [-0.39, 0.29) is 19.1 Å². The van der Waals surface area contributed by atoms with Crippen LogP contribution in [0.2, 0.25) is 0 Å². The molecule has 1 heterocycles. The van der Waals surface area contributed by atoms with Crippen LogP contribution in [0, 0.1) is 12.3 Å². The molecule has 0 unspecified atom stereocenters. The van der Waals surface area contributed by atoms with Crippen LogP contribution < -0.4 is 0 Å². The third-order valence-electron chi connectivity index (χ3n) is 1.76. The summed E-state index contributed by atoms with van der Waals surface area (Å²) in [7, 11) is 0. The lowest BCUT2D eigenvalue weighted by Gasteiger charge is -2.25. The van der Waals surface area contributed by atoms with E-state index < -0.39 is 0 Å². The molecular weight excluding hydrogens is 170 g/mol. The number of esters is 1. The lowest BCUT2D eigenvalue weighted by molar-refractivity contribution is -0.144. The Morgan fingerprint density at radius 1 is 1.54 bits per heavy atom. The molecule has 13 heavy (non-hydrogen) atoms. The standard InChI is InChI=1S/C9H12NO3/c1-2-5-13-9(11)8-10-3-6-12-7-4-10/h3-8H2. The Bertz CT molecular complexity index is 203. The number of hydrogen-bond acceptors (Lipinski definition) is 4. The van der Waals surface area contributed by atoms with E-state index in [2.05, 4.69) is 4.74 Å². The Balaban J connectivity index is 2.15. The maximum Gasteiger partial charge on any atom is 0.321 e. The van der Waals surface area contributed by atoms with Crippen LogP contribution in [0.4, 0.5) is 0 Å². The minimum Gasteiger partial charge on any atom is -0.452 e. The van der Waals surface area contributed by atoms with E-state index in [1.807, 2.05) is 10.8 Å². The lowest BCUT2D eigenvalue weighted by Crippen LogP contribution is -2.40. The molecule has 1 saturated heterocycles. The molecule has 1 rings (SSSR count). The van der Waals surface area contributed by atoms with Crippen molar-refractivity contribution >= 4 is 5.97 Å². The third kappa shape index (κ3) is 3.92. The van der Waals surface area contributed by atoms with Crippen molar-refractivity contribution in [2.24, 2.45) is 0 Å². The molecule has 1 aliphatic rings. The van der Waals surface area contributed by atoms with Crippen LogP contribution >= 0.6 is 0 Å². The lowest BCUT2D eigenvalue weighted by atomic mass is 10.4. The van der Waals surface area contributed by atoms with E-state index in [1.54, 1.807) is 0 Å². The number of hydrogen-bond donors (Lipinski definition) is 0. The summed E-state index contributed by atoms with van der Waals surface area (Å²) in [6.45, 7) is 3.11. The van der Waals surface area contributed by atoms with Crippen LogP contribution in [-0.2, 0) is 14.3 Å². The fourth-order valence-electron chi connectivity index (χ4n) is 1.10. The second kappa shape index (κ2) is 5.57. The summed E-state index contributed by atoms with van der Waals surface area (Å²) in [5.74, 6) is 1.70. The predicted octanol–water partition coefficient (Wildman–Crippen LogP) is -0.548. The third-order valence-corrected chi connectivity index (χ3v) is 1.76. The van der Waals surface area contributed by atoms with Gasteiger partial charge in [-0.3, -0.25) is 9.69 Å². The largest absolute Gasteiger partial charge is 0.452 e. The van der Waals surface area contributed by atoms with Gasteiger partial charge in [0.2, 0.25) is 0 Å². The minimum absolute atomic E-state index is 0.0524. The molecule has 0 bridgehead atoms. The molecule has 1 fully saturated rings. The number of ether oxygens (including phenoxy) is 2. The van der Waals surface area contributed by atoms with Crippen LogP contribution in [0.3, 0.4) is 0 Å². The van der Waals surface area contributed by atoms with E-state index >= 15 is 0 Å². The maximum atomic E-state index is 11.0. The zero-order valence-electron chi connectivity index (χ0n) is 7.41. The first-order valence-electron chi connectivity index (χ1n) is 4.18. The summed E-state index contributed by atoms with van der Waals surface area (Å²) >= 11 is 0. The topological polar surface area (TPSA) is 38.8 Å². The van der Waals surface area contributed by atoms with E-state index in [9.17, 15) is 4.79 Å². The molecule has 0 aliphatic carbocycles. The van der Waals surface area contributed by atoms with Gasteiger partial charge < -0.3 is 9.47 Å². The van der Waals surface area contributed by atoms with Gasteiger partial charge in [0.1, 0.15) is 0 Å². The van der Waals surface area contributed by atoms with Gasteiger partial charge in [-0.25, -0.2) is 0 Å². The van der Waals surface area contributed by atoms with E-state index in [0.29, 0.717) is 13.2 Å². The van der Waals surface area contributed by atoms with Crippen molar-refractivity contribution in [3.05, 3.63) is 6.42 Å². The molecule has 0 aromatic heterocycles. The summed E-state index contributed by atoms with van der Waals surface area (Å²) in [5, 5.41) is 0. The number of carbonyl (C=O) groups is 1. The first-order chi connectivity index (χ1) is 6.33. The summed E-state index contributed by atoms with van der Waals surface area (Å²) < 4.78 is 9.80. The first-order valence-corrected chi connectivity index (χ1v) is 4.18. The van der Waals surface area contributed by atoms with Gasteiger partial charge in [-0.05, 0) is 12.3 Å². The molecule has 1 aliphatic heterocycles. The van der Waals surface area contributed by atoms with Crippen LogP contribution in [0.5, 0.6) is 0 Å². The molecular formula is C9H12NO3. The van der Waals surface area contributed by atoms with Crippen LogP contribution in [-0.4, -0.2) is 50.3 Å². The zero-order chi connectivity index (χ0) is 9.52. The predicted molar refractivity (Wildman–Crippen MR) is 45.3 cm³/mol. The average Bonchev–Trinajstić information content (AvgIpc) is 2.16. The van der Waals surface area contributed by atoms with Crippen LogP contribution in [0.25, 0.3) is 0 Å². The Labute approximate surface area is 77.8 Å². The van der Waals surface area contributed by atoms with Crippen molar-refractivity contribution < 1.29 is 14.3 Å². The normalized spacial score (nSPS) is 17.8. The molecule has 0 atom stereocenters. The summed E-state index contributed by atoms with van der Waals surface area (Å²) in [5.41, 5.74) is 0. The smallest absolute Gasteiger partial charge is 0.321 e. The van der Waals surface area contributed by atoms with Gasteiger partial charge in [-0.15, -0.1) is 0 Å². The quantitative estimate of drug-likeness (QED) is 0.433. The van der Waals surface area contributed by atoms with Gasteiger partial charge >= 0.3 is 5.97 Å². The van der Waals surface area contributed by atoms with Gasteiger partial charge in [-0.1, -0.05) is 0 Å². The summed E-state index contributed by atoms with van der Waals surface area (Å²) in [6, 6.07) is 0. The van der Waals surface area contributed by atoms with Gasteiger partial charge in [0.15, 0.2) is 6.61 Å². The molecule has 0 spiro atoms. The number of morpholine rings is 1. The Morgan fingerprint density at radius 2 is 2.23 bits per heavy atom. The molecule has 71 valence electrons. The highest BCUT2D eigenvalue weighted by molar-refractivity contribution is 5.71. The maximum absolute atomic E-state index is 11.0. The molecule has 0 amide bonds. The molecule has 4 heteroatoms. The van der Waals surface area contributed by atoms with E-state index in [0.717, 1.165) is 13.1 Å². The van der Waals surface area contributed by atoms with Crippen molar-refractivity contribution in [2.45, 2.75) is 0 Å². The second-order valence-corrected chi connectivity index (χ2v) is 2.73. The summed E-state index contributed by atoms with van der Waals surface area (Å²) in [6.07, 6.45) is 6.55. The van der Waals surface area contributed by atoms with Gasteiger partial charge in [0.25, 0.3) is 0 Å². The highest BCUT2D eigenvalue weighted by Gasteiger charge is 2.14. The molecule has 0 N–H and O–H groups in total. The minimum atomic E-state index is -0.304. The van der Waals surface area contributed by atoms with Crippen LogP contribution in [0.15, 0.2) is 0 Å². The fraction of sp³-hybridized carbons (Fsp3) is 0.667. The van der Waals surface area contributed by atoms with Gasteiger partial charge in [0, 0.05) is 13.1 Å². The molecule has 1 radical (unpaired) electrons. The highest BCUT2D eigenvalue weighted by atomic mass is 16.5. The van der Waals surface area contributed by atoms with E-state index in [1.165, 1.54) is 0 Å². The highest BCUT2D eigenvalue weighted by Crippen LogP contribution is 1.96.